The van der Waals surface area contributed by atoms with Crippen molar-refractivity contribution in [3.8, 4) is 0 Å². The summed E-state index contributed by atoms with van der Waals surface area (Å²) in [6, 6.07) is 21.2. The summed E-state index contributed by atoms with van der Waals surface area (Å²) in [5.74, 6) is -0.170. The lowest BCUT2D eigenvalue weighted by Gasteiger charge is -2.06. The fourth-order valence-electron chi connectivity index (χ4n) is 2.29. The van der Waals surface area contributed by atoms with Crippen LogP contribution in [0.1, 0.15) is 5.56 Å². The number of carbonyl (C=O) groups is 1. The van der Waals surface area contributed by atoms with Crippen molar-refractivity contribution in [2.24, 2.45) is 0 Å². The maximum Gasteiger partial charge on any atom is 0.248 e. The van der Waals surface area contributed by atoms with E-state index in [4.69, 9.17) is 11.6 Å². The molecule has 3 rings (SSSR count). The molecule has 0 atom stereocenters. The minimum atomic E-state index is -0.170. The van der Waals surface area contributed by atoms with E-state index in [1.54, 1.807) is 12.1 Å². The molecule has 3 aromatic carbocycles. The minimum Gasteiger partial charge on any atom is -0.322 e. The van der Waals surface area contributed by atoms with Crippen LogP contribution in [0.3, 0.4) is 0 Å². The van der Waals surface area contributed by atoms with Gasteiger partial charge in [0.05, 0.1) is 0 Å². The predicted molar refractivity (Wildman–Crippen MR) is 93.1 cm³/mol. The Hall–Kier alpha value is -2.58. The summed E-state index contributed by atoms with van der Waals surface area (Å²) in [6.07, 6.45) is 3.25. The molecule has 0 spiro atoms. The van der Waals surface area contributed by atoms with E-state index >= 15 is 0 Å². The quantitative estimate of drug-likeness (QED) is 0.666. The van der Waals surface area contributed by atoms with E-state index in [0.29, 0.717) is 5.02 Å². The molecule has 0 aliphatic heterocycles. The maximum atomic E-state index is 12.1. The van der Waals surface area contributed by atoms with Crippen molar-refractivity contribution in [2.45, 2.75) is 0 Å². The Morgan fingerprint density at radius 1 is 0.955 bits per heavy atom. The van der Waals surface area contributed by atoms with Gasteiger partial charge in [0.2, 0.25) is 5.91 Å². The van der Waals surface area contributed by atoms with E-state index in [2.05, 4.69) is 5.32 Å². The molecule has 108 valence electrons. The number of nitrogens with one attached hydrogen (secondary N) is 1. The predicted octanol–water partition coefficient (Wildman–Crippen LogP) is 5.15. The second-order valence-corrected chi connectivity index (χ2v) is 5.34. The van der Waals surface area contributed by atoms with Crippen molar-refractivity contribution in [3.63, 3.8) is 0 Å². The Bertz CT molecular complexity index is 849. The van der Waals surface area contributed by atoms with Crippen LogP contribution in [-0.2, 0) is 4.79 Å². The monoisotopic (exact) mass is 307 g/mol. The van der Waals surface area contributed by atoms with Crippen LogP contribution >= 0.6 is 11.6 Å². The molecule has 0 aromatic heterocycles. The summed E-state index contributed by atoms with van der Waals surface area (Å²) >= 11 is 5.92. The first-order valence-electron chi connectivity index (χ1n) is 6.95. The molecule has 22 heavy (non-hydrogen) atoms. The van der Waals surface area contributed by atoms with E-state index in [1.807, 2.05) is 60.7 Å². The number of hydrogen-bond donors (Lipinski definition) is 1. The first kappa shape index (κ1) is 14.4. The second kappa shape index (κ2) is 6.46. The average molecular weight is 308 g/mol. The average Bonchev–Trinajstić information content (AvgIpc) is 2.53. The largest absolute Gasteiger partial charge is 0.322 e. The van der Waals surface area contributed by atoms with Gasteiger partial charge in [-0.3, -0.25) is 4.79 Å². The van der Waals surface area contributed by atoms with E-state index in [0.717, 1.165) is 22.0 Å². The molecule has 0 saturated carbocycles. The summed E-state index contributed by atoms with van der Waals surface area (Å²) in [5.41, 5.74) is 1.69. The summed E-state index contributed by atoms with van der Waals surface area (Å²) < 4.78 is 0. The molecule has 0 heterocycles. The van der Waals surface area contributed by atoms with Crippen molar-refractivity contribution in [1.29, 1.82) is 0 Å². The molecule has 0 bridgehead atoms. The number of amides is 1. The topological polar surface area (TPSA) is 29.1 Å². The van der Waals surface area contributed by atoms with Crippen LogP contribution in [0.2, 0.25) is 5.02 Å². The second-order valence-electron chi connectivity index (χ2n) is 4.90. The van der Waals surface area contributed by atoms with E-state index < -0.39 is 0 Å². The Balaban J connectivity index is 1.79. The zero-order valence-electron chi connectivity index (χ0n) is 11.8. The lowest BCUT2D eigenvalue weighted by Crippen LogP contribution is -2.07. The normalized spacial score (nSPS) is 11.0. The number of rotatable bonds is 3. The van der Waals surface area contributed by atoms with Gasteiger partial charge >= 0.3 is 0 Å². The fourth-order valence-corrected chi connectivity index (χ4v) is 2.49. The molecule has 3 aromatic rings. The Kier molecular flexibility index (Phi) is 4.22. The summed E-state index contributed by atoms with van der Waals surface area (Å²) in [4.78, 5) is 12.1. The highest BCUT2D eigenvalue weighted by Crippen LogP contribution is 2.23. The summed E-state index contributed by atoms with van der Waals surface area (Å²) in [5, 5.41) is 5.68. The first-order valence-corrected chi connectivity index (χ1v) is 7.32. The summed E-state index contributed by atoms with van der Waals surface area (Å²) in [7, 11) is 0. The van der Waals surface area contributed by atoms with Gasteiger partial charge in [0.25, 0.3) is 0 Å². The molecule has 1 N–H and O–H groups in total. The lowest BCUT2D eigenvalue weighted by molar-refractivity contribution is -0.111. The number of carbonyl (C=O) groups excluding carboxylic acids is 1. The van der Waals surface area contributed by atoms with Crippen molar-refractivity contribution in [3.05, 3.63) is 83.4 Å². The molecule has 2 nitrogen and oxygen atoms in total. The zero-order chi connectivity index (χ0) is 15.4. The highest BCUT2D eigenvalue weighted by Gasteiger charge is 2.02. The molecule has 0 aliphatic carbocycles. The molecule has 0 fully saturated rings. The molecule has 3 heteroatoms. The summed E-state index contributed by atoms with van der Waals surface area (Å²) in [6.45, 7) is 0. The highest BCUT2D eigenvalue weighted by molar-refractivity contribution is 6.30. The number of hydrogen-bond acceptors (Lipinski definition) is 1. The minimum absolute atomic E-state index is 0.170. The van der Waals surface area contributed by atoms with E-state index in [1.165, 1.54) is 6.08 Å². The SMILES string of the molecule is O=C(/C=C\c1cccc(Cl)c1)Nc1cccc2ccccc12. The third-order valence-electron chi connectivity index (χ3n) is 3.32. The molecule has 0 saturated heterocycles. The van der Waals surface area contributed by atoms with Gasteiger partial charge in [-0.25, -0.2) is 0 Å². The van der Waals surface area contributed by atoms with Gasteiger partial charge in [0, 0.05) is 22.2 Å². The molecule has 1 amide bonds. The van der Waals surface area contributed by atoms with Crippen LogP contribution in [0.5, 0.6) is 0 Å². The van der Waals surface area contributed by atoms with Crippen LogP contribution in [-0.4, -0.2) is 5.91 Å². The van der Waals surface area contributed by atoms with Crippen LogP contribution in [0.25, 0.3) is 16.8 Å². The Morgan fingerprint density at radius 2 is 1.73 bits per heavy atom. The third kappa shape index (κ3) is 3.35. The van der Waals surface area contributed by atoms with Gasteiger partial charge in [-0.1, -0.05) is 60.1 Å². The van der Waals surface area contributed by atoms with Gasteiger partial charge < -0.3 is 5.32 Å². The van der Waals surface area contributed by atoms with Crippen molar-refractivity contribution >= 4 is 40.0 Å². The Labute approximate surface area is 134 Å². The highest BCUT2D eigenvalue weighted by atomic mass is 35.5. The van der Waals surface area contributed by atoms with Crippen LogP contribution in [0, 0.1) is 0 Å². The molecule has 0 aliphatic rings. The standard InChI is InChI=1S/C19H14ClNO/c20-16-8-3-5-14(13-16)11-12-19(22)21-18-10-4-7-15-6-1-2-9-17(15)18/h1-13H,(H,21,22)/b12-11-. The van der Waals surface area contributed by atoms with Gasteiger partial charge in [-0.15, -0.1) is 0 Å². The maximum absolute atomic E-state index is 12.1. The van der Waals surface area contributed by atoms with Crippen molar-refractivity contribution in [2.75, 3.05) is 5.32 Å². The van der Waals surface area contributed by atoms with E-state index in [-0.39, 0.29) is 5.91 Å². The number of halogens is 1. The van der Waals surface area contributed by atoms with Crippen molar-refractivity contribution < 1.29 is 4.79 Å². The van der Waals surface area contributed by atoms with Crippen molar-refractivity contribution in [1.82, 2.24) is 0 Å². The van der Waals surface area contributed by atoms with Gasteiger partial charge in [0.1, 0.15) is 0 Å². The fraction of sp³-hybridized carbons (Fsp3) is 0. The van der Waals surface area contributed by atoms with Gasteiger partial charge in [0.15, 0.2) is 0 Å². The lowest BCUT2D eigenvalue weighted by atomic mass is 10.1. The molecular weight excluding hydrogens is 294 g/mol. The van der Waals surface area contributed by atoms with E-state index in [9.17, 15) is 4.79 Å². The number of fused-ring (bicyclic) bond motifs is 1. The van der Waals surface area contributed by atoms with Gasteiger partial charge in [-0.2, -0.15) is 0 Å². The molecule has 0 radical (unpaired) electrons. The number of benzene rings is 3. The van der Waals surface area contributed by atoms with Gasteiger partial charge in [-0.05, 0) is 35.2 Å². The zero-order valence-corrected chi connectivity index (χ0v) is 12.5. The first-order chi connectivity index (χ1) is 10.7. The van der Waals surface area contributed by atoms with Crippen LogP contribution < -0.4 is 5.32 Å². The molecular formula is C19H14ClNO. The molecule has 0 unspecified atom stereocenters. The smallest absolute Gasteiger partial charge is 0.248 e. The Morgan fingerprint density at radius 3 is 2.59 bits per heavy atom. The number of anilines is 1. The van der Waals surface area contributed by atoms with Crippen LogP contribution in [0.15, 0.2) is 72.8 Å². The third-order valence-corrected chi connectivity index (χ3v) is 3.56. The van der Waals surface area contributed by atoms with Crippen LogP contribution in [0.4, 0.5) is 5.69 Å².